The van der Waals surface area contributed by atoms with Gasteiger partial charge in [0.05, 0.1) is 23.0 Å². The predicted octanol–water partition coefficient (Wildman–Crippen LogP) is 2.00. The highest BCUT2D eigenvalue weighted by Gasteiger charge is 2.29. The van der Waals surface area contributed by atoms with Crippen molar-refractivity contribution in [3.8, 4) is 5.75 Å². The Kier molecular flexibility index (Phi) is 2.78. The van der Waals surface area contributed by atoms with Crippen LogP contribution >= 0.6 is 23.2 Å². The van der Waals surface area contributed by atoms with Gasteiger partial charge >= 0.3 is 0 Å². The highest BCUT2D eigenvalue weighted by Crippen LogP contribution is 2.36. The van der Waals surface area contributed by atoms with Gasteiger partial charge in [0.15, 0.2) is 11.5 Å². The van der Waals surface area contributed by atoms with Gasteiger partial charge in [-0.1, -0.05) is 23.2 Å². The van der Waals surface area contributed by atoms with Gasteiger partial charge in [-0.2, -0.15) is 0 Å². The van der Waals surface area contributed by atoms with Crippen molar-refractivity contribution in [2.45, 2.75) is 6.42 Å². The third kappa shape index (κ3) is 1.86. The predicted molar refractivity (Wildman–Crippen MR) is 60.1 cm³/mol. The van der Waals surface area contributed by atoms with Gasteiger partial charge in [0.25, 0.3) is 0 Å². The van der Waals surface area contributed by atoms with Crippen LogP contribution < -0.4 is 4.90 Å². The van der Waals surface area contributed by atoms with Gasteiger partial charge in [0.2, 0.25) is 5.91 Å². The second-order valence-corrected chi connectivity index (χ2v) is 4.27. The molecule has 0 saturated carbocycles. The zero-order chi connectivity index (χ0) is 11.9. The number of nitrogens with zero attached hydrogens (tertiary/aromatic N) is 1. The molecule has 16 heavy (non-hydrogen) atoms. The van der Waals surface area contributed by atoms with Crippen LogP contribution in [-0.4, -0.2) is 23.3 Å². The molecule has 1 aromatic rings. The topological polar surface area (TPSA) is 57.6 Å². The Morgan fingerprint density at radius 2 is 1.75 bits per heavy atom. The molecule has 0 aliphatic carbocycles. The summed E-state index contributed by atoms with van der Waals surface area (Å²) in [5.74, 6) is -0.668. The fraction of sp³-hybridized carbons (Fsp3) is 0.200. The molecule has 0 aromatic heterocycles. The number of anilines is 1. The number of Topliss-reactive ketones (excluding diaryl/α,β-unsaturated/α-hetero) is 1. The maximum Gasteiger partial charge on any atom is 0.234 e. The summed E-state index contributed by atoms with van der Waals surface area (Å²) in [6.45, 7) is 0.0241. The van der Waals surface area contributed by atoms with E-state index in [9.17, 15) is 14.7 Å². The maximum atomic E-state index is 11.4. The number of aromatic hydroxyl groups is 1. The van der Waals surface area contributed by atoms with Crippen molar-refractivity contribution in [3.63, 3.8) is 0 Å². The molecule has 2 rings (SSSR count). The number of carbonyl (C=O) groups is 2. The lowest BCUT2D eigenvalue weighted by atomic mass is 10.2. The van der Waals surface area contributed by atoms with E-state index in [0.717, 1.165) is 0 Å². The summed E-state index contributed by atoms with van der Waals surface area (Å²) in [5, 5.41) is 9.46. The molecule has 1 aliphatic heterocycles. The number of amides is 1. The van der Waals surface area contributed by atoms with Gasteiger partial charge in [-0.3, -0.25) is 9.59 Å². The summed E-state index contributed by atoms with van der Waals surface area (Å²) in [4.78, 5) is 23.8. The van der Waals surface area contributed by atoms with Crippen LogP contribution in [0.15, 0.2) is 12.1 Å². The molecule has 1 fully saturated rings. The first-order valence-electron chi connectivity index (χ1n) is 4.49. The number of phenolic OH excluding ortho intramolecular Hbond substituents is 1. The zero-order valence-electron chi connectivity index (χ0n) is 8.04. The van der Waals surface area contributed by atoms with E-state index in [1.807, 2.05) is 0 Å². The Hall–Kier alpha value is -1.26. The first-order chi connectivity index (χ1) is 7.49. The van der Waals surface area contributed by atoms with Gasteiger partial charge in [-0.15, -0.1) is 0 Å². The average molecular weight is 260 g/mol. The van der Waals surface area contributed by atoms with Crippen LogP contribution in [0.3, 0.4) is 0 Å². The van der Waals surface area contributed by atoms with E-state index in [1.165, 1.54) is 17.0 Å². The minimum absolute atomic E-state index is 0.0241. The lowest BCUT2D eigenvalue weighted by molar-refractivity contribution is -0.121. The molecule has 1 heterocycles. The van der Waals surface area contributed by atoms with Crippen LogP contribution in [0.2, 0.25) is 10.0 Å². The lowest BCUT2D eigenvalue weighted by Crippen LogP contribution is -2.24. The van der Waals surface area contributed by atoms with Crippen molar-refractivity contribution in [1.29, 1.82) is 0 Å². The third-order valence-electron chi connectivity index (χ3n) is 2.30. The number of benzene rings is 1. The Balaban J connectivity index is 2.42. The number of halogens is 2. The van der Waals surface area contributed by atoms with Gasteiger partial charge in [-0.25, -0.2) is 0 Å². The molecular weight excluding hydrogens is 253 g/mol. The Labute approximate surface area is 101 Å². The van der Waals surface area contributed by atoms with E-state index in [0.29, 0.717) is 5.69 Å². The third-order valence-corrected chi connectivity index (χ3v) is 2.87. The van der Waals surface area contributed by atoms with Crippen molar-refractivity contribution in [2.24, 2.45) is 0 Å². The molecule has 0 radical (unpaired) electrons. The SMILES string of the molecule is O=C1CC(=O)N(c2cc(Cl)c(O)c(Cl)c2)C1. The van der Waals surface area contributed by atoms with Crippen LogP contribution in [0.1, 0.15) is 6.42 Å². The van der Waals surface area contributed by atoms with Crippen LogP contribution in [0, 0.1) is 0 Å². The average Bonchev–Trinajstić information content (AvgIpc) is 2.53. The molecule has 1 aromatic carbocycles. The van der Waals surface area contributed by atoms with E-state index in [1.54, 1.807) is 0 Å². The number of hydrogen-bond acceptors (Lipinski definition) is 3. The van der Waals surface area contributed by atoms with E-state index in [-0.39, 0.29) is 40.5 Å². The van der Waals surface area contributed by atoms with Crippen molar-refractivity contribution in [3.05, 3.63) is 22.2 Å². The standard InChI is InChI=1S/C10H7Cl2NO3/c11-7-1-5(2-8(12)10(7)16)13-4-6(14)3-9(13)15/h1-2,16H,3-4H2. The Morgan fingerprint density at radius 1 is 1.19 bits per heavy atom. The number of ketones is 1. The molecule has 1 N–H and O–H groups in total. The van der Waals surface area contributed by atoms with E-state index >= 15 is 0 Å². The summed E-state index contributed by atoms with van der Waals surface area (Å²) in [7, 11) is 0. The molecule has 6 heteroatoms. The van der Waals surface area contributed by atoms with Gasteiger partial charge in [0.1, 0.15) is 0 Å². The van der Waals surface area contributed by atoms with E-state index in [4.69, 9.17) is 23.2 Å². The fourth-order valence-electron chi connectivity index (χ4n) is 1.53. The number of carbonyl (C=O) groups excluding carboxylic acids is 2. The quantitative estimate of drug-likeness (QED) is 0.785. The molecule has 1 aliphatic rings. The Morgan fingerprint density at radius 3 is 2.19 bits per heavy atom. The molecule has 0 atom stereocenters. The smallest absolute Gasteiger partial charge is 0.234 e. The summed E-state index contributed by atoms with van der Waals surface area (Å²) < 4.78 is 0. The van der Waals surface area contributed by atoms with Crippen molar-refractivity contribution in [2.75, 3.05) is 11.4 Å². The molecule has 1 saturated heterocycles. The normalized spacial score (nSPS) is 16.0. The van der Waals surface area contributed by atoms with Crippen LogP contribution in [0.25, 0.3) is 0 Å². The lowest BCUT2D eigenvalue weighted by Gasteiger charge is -2.15. The molecule has 1 amide bonds. The highest BCUT2D eigenvalue weighted by atomic mass is 35.5. The molecule has 84 valence electrons. The summed E-state index contributed by atoms with van der Waals surface area (Å²) in [6.07, 6.45) is -0.101. The highest BCUT2D eigenvalue weighted by molar-refractivity contribution is 6.37. The van der Waals surface area contributed by atoms with Crippen LogP contribution in [0.4, 0.5) is 5.69 Å². The molecule has 0 unspecified atom stereocenters. The number of phenols is 1. The van der Waals surface area contributed by atoms with E-state index < -0.39 is 0 Å². The second kappa shape index (κ2) is 3.96. The number of rotatable bonds is 1. The summed E-state index contributed by atoms with van der Waals surface area (Å²) >= 11 is 11.4. The monoisotopic (exact) mass is 259 g/mol. The summed E-state index contributed by atoms with van der Waals surface area (Å²) in [6, 6.07) is 2.80. The van der Waals surface area contributed by atoms with Gasteiger partial charge < -0.3 is 10.0 Å². The first-order valence-corrected chi connectivity index (χ1v) is 5.24. The maximum absolute atomic E-state index is 11.4. The number of hydrogen-bond donors (Lipinski definition) is 1. The minimum Gasteiger partial charge on any atom is -0.505 e. The largest absolute Gasteiger partial charge is 0.505 e. The van der Waals surface area contributed by atoms with Crippen LogP contribution in [0.5, 0.6) is 5.75 Å². The molecule has 0 spiro atoms. The van der Waals surface area contributed by atoms with Crippen molar-refractivity contribution < 1.29 is 14.7 Å². The van der Waals surface area contributed by atoms with Crippen molar-refractivity contribution >= 4 is 40.6 Å². The minimum atomic E-state index is -0.289. The zero-order valence-corrected chi connectivity index (χ0v) is 9.55. The Bertz CT molecular complexity index is 464. The molecule has 4 nitrogen and oxygen atoms in total. The van der Waals surface area contributed by atoms with Gasteiger partial charge in [-0.05, 0) is 12.1 Å². The second-order valence-electron chi connectivity index (χ2n) is 3.45. The van der Waals surface area contributed by atoms with Gasteiger partial charge in [0, 0.05) is 5.69 Å². The molecular formula is C10H7Cl2NO3. The summed E-state index contributed by atoms with van der Waals surface area (Å²) in [5.41, 5.74) is 0.420. The molecule has 0 bridgehead atoms. The first kappa shape index (κ1) is 11.2. The van der Waals surface area contributed by atoms with Crippen LogP contribution in [-0.2, 0) is 9.59 Å². The van der Waals surface area contributed by atoms with Crippen molar-refractivity contribution in [1.82, 2.24) is 0 Å². The fourth-order valence-corrected chi connectivity index (χ4v) is 2.00. The van der Waals surface area contributed by atoms with E-state index in [2.05, 4.69) is 0 Å².